The highest BCUT2D eigenvalue weighted by Gasteiger charge is 2.33. The number of rotatable bonds is 2. The molecule has 0 saturated carbocycles. The van der Waals surface area contributed by atoms with Crippen molar-refractivity contribution in [3.05, 3.63) is 57.0 Å². The molecule has 2 aromatic carbocycles. The van der Waals surface area contributed by atoms with Gasteiger partial charge in [0.2, 0.25) is 0 Å². The fourth-order valence-corrected chi connectivity index (χ4v) is 2.33. The van der Waals surface area contributed by atoms with E-state index in [4.69, 9.17) is 11.6 Å². The number of nitrogens with one attached hydrogen (secondary N) is 1. The fourth-order valence-electron chi connectivity index (χ4n) is 1.69. The number of carbonyl (C=O) groups is 1. The van der Waals surface area contributed by atoms with Gasteiger partial charge < -0.3 is 10.4 Å². The lowest BCUT2D eigenvalue weighted by atomic mass is 10.1. The second-order valence-electron chi connectivity index (χ2n) is 4.29. The summed E-state index contributed by atoms with van der Waals surface area (Å²) in [6.45, 7) is 0. The zero-order valence-electron chi connectivity index (χ0n) is 10.7. The van der Waals surface area contributed by atoms with Crippen molar-refractivity contribution in [2.75, 3.05) is 5.32 Å². The SMILES string of the molecule is O=C(Nc1ccccc1Cl)c1cc(C(F)(F)F)cc(Br)c1O. The van der Waals surface area contributed by atoms with Gasteiger partial charge in [-0.15, -0.1) is 0 Å². The van der Waals surface area contributed by atoms with E-state index in [1.165, 1.54) is 12.1 Å². The van der Waals surface area contributed by atoms with Crippen LogP contribution in [0.15, 0.2) is 40.9 Å². The number of halogens is 5. The Kier molecular flexibility index (Phi) is 4.67. The van der Waals surface area contributed by atoms with Crippen LogP contribution in [0.1, 0.15) is 15.9 Å². The third-order valence-corrected chi connectivity index (χ3v) is 3.69. The Bertz CT molecular complexity index is 735. The summed E-state index contributed by atoms with van der Waals surface area (Å²) in [5.74, 6) is -1.49. The first-order valence-electron chi connectivity index (χ1n) is 5.85. The molecule has 3 nitrogen and oxygen atoms in total. The van der Waals surface area contributed by atoms with Gasteiger partial charge in [-0.1, -0.05) is 23.7 Å². The lowest BCUT2D eigenvalue weighted by molar-refractivity contribution is -0.137. The molecule has 22 heavy (non-hydrogen) atoms. The zero-order valence-corrected chi connectivity index (χ0v) is 13.1. The van der Waals surface area contributed by atoms with Gasteiger partial charge in [-0.2, -0.15) is 13.2 Å². The van der Waals surface area contributed by atoms with Crippen molar-refractivity contribution in [3.63, 3.8) is 0 Å². The van der Waals surface area contributed by atoms with Gasteiger partial charge >= 0.3 is 6.18 Å². The van der Waals surface area contributed by atoms with E-state index in [2.05, 4.69) is 21.2 Å². The predicted molar refractivity (Wildman–Crippen MR) is 80.2 cm³/mol. The molecule has 0 aliphatic rings. The molecule has 2 rings (SSSR count). The van der Waals surface area contributed by atoms with Crippen LogP contribution in [-0.4, -0.2) is 11.0 Å². The number of amides is 1. The maximum absolute atomic E-state index is 12.8. The van der Waals surface area contributed by atoms with Gasteiger partial charge in [0.1, 0.15) is 5.75 Å². The summed E-state index contributed by atoms with van der Waals surface area (Å²) < 4.78 is 38.1. The molecular formula is C14H8BrClF3NO2. The van der Waals surface area contributed by atoms with Crippen LogP contribution in [0.4, 0.5) is 18.9 Å². The number of para-hydroxylation sites is 1. The molecular weight excluding hydrogens is 387 g/mol. The zero-order chi connectivity index (χ0) is 16.5. The number of benzene rings is 2. The van der Waals surface area contributed by atoms with Gasteiger partial charge in [0, 0.05) is 0 Å². The molecule has 0 aromatic heterocycles. The average molecular weight is 395 g/mol. The van der Waals surface area contributed by atoms with E-state index in [1.54, 1.807) is 12.1 Å². The highest BCUT2D eigenvalue weighted by molar-refractivity contribution is 9.10. The molecule has 0 fully saturated rings. The number of phenols is 1. The van der Waals surface area contributed by atoms with Crippen molar-refractivity contribution in [3.8, 4) is 5.75 Å². The Morgan fingerprint density at radius 2 is 1.86 bits per heavy atom. The van der Waals surface area contributed by atoms with Crippen LogP contribution < -0.4 is 5.32 Å². The summed E-state index contributed by atoms with van der Waals surface area (Å²) >= 11 is 8.67. The molecule has 0 radical (unpaired) electrons. The average Bonchev–Trinajstić information content (AvgIpc) is 2.43. The van der Waals surface area contributed by atoms with Gasteiger partial charge in [0.15, 0.2) is 0 Å². The number of hydrogen-bond donors (Lipinski definition) is 2. The second kappa shape index (κ2) is 6.18. The first-order chi connectivity index (χ1) is 10.2. The summed E-state index contributed by atoms with van der Waals surface area (Å²) in [5.41, 5.74) is -1.34. The molecule has 2 N–H and O–H groups in total. The van der Waals surface area contributed by atoms with E-state index < -0.39 is 29.0 Å². The highest BCUT2D eigenvalue weighted by Crippen LogP contribution is 2.37. The van der Waals surface area contributed by atoms with Crippen LogP contribution in [0.25, 0.3) is 0 Å². The Morgan fingerprint density at radius 3 is 2.45 bits per heavy atom. The lowest BCUT2D eigenvalue weighted by Crippen LogP contribution is -2.15. The second-order valence-corrected chi connectivity index (χ2v) is 5.55. The molecule has 0 aliphatic heterocycles. The van der Waals surface area contributed by atoms with Gasteiger partial charge in [0.05, 0.1) is 26.3 Å². The summed E-state index contributed by atoms with van der Waals surface area (Å²) in [6, 6.07) is 7.51. The van der Waals surface area contributed by atoms with Crippen molar-refractivity contribution < 1.29 is 23.1 Å². The minimum Gasteiger partial charge on any atom is -0.506 e. The van der Waals surface area contributed by atoms with E-state index >= 15 is 0 Å². The Balaban J connectivity index is 2.41. The first kappa shape index (κ1) is 16.6. The lowest BCUT2D eigenvalue weighted by Gasteiger charge is -2.13. The molecule has 0 aliphatic carbocycles. The smallest absolute Gasteiger partial charge is 0.416 e. The Morgan fingerprint density at radius 1 is 1.23 bits per heavy atom. The summed E-state index contributed by atoms with van der Waals surface area (Å²) in [4.78, 5) is 12.1. The van der Waals surface area contributed by atoms with E-state index in [9.17, 15) is 23.1 Å². The van der Waals surface area contributed by atoms with Gasteiger partial charge in [-0.05, 0) is 40.2 Å². The molecule has 0 heterocycles. The van der Waals surface area contributed by atoms with Crippen molar-refractivity contribution >= 4 is 39.1 Å². The third kappa shape index (κ3) is 3.53. The third-order valence-electron chi connectivity index (χ3n) is 2.76. The number of anilines is 1. The molecule has 2 aromatic rings. The number of phenolic OH excluding ortho intramolecular Hbond substituents is 1. The normalized spacial score (nSPS) is 11.3. The topological polar surface area (TPSA) is 49.3 Å². The van der Waals surface area contributed by atoms with Crippen LogP contribution in [0.3, 0.4) is 0 Å². The monoisotopic (exact) mass is 393 g/mol. The van der Waals surface area contributed by atoms with Crippen LogP contribution >= 0.6 is 27.5 Å². The molecule has 0 saturated heterocycles. The molecule has 0 unspecified atom stereocenters. The van der Waals surface area contributed by atoms with Crippen LogP contribution in [0.2, 0.25) is 5.02 Å². The standard InChI is InChI=1S/C14H8BrClF3NO2/c15-9-6-7(14(17,18)19)5-8(12(9)21)13(22)20-11-4-2-1-3-10(11)16/h1-6,21H,(H,20,22). The number of carbonyl (C=O) groups excluding carboxylic acids is 1. The van der Waals surface area contributed by atoms with Crippen molar-refractivity contribution in [2.24, 2.45) is 0 Å². The number of hydrogen-bond acceptors (Lipinski definition) is 2. The Hall–Kier alpha value is -1.73. The molecule has 8 heteroatoms. The van der Waals surface area contributed by atoms with Crippen LogP contribution in [-0.2, 0) is 6.18 Å². The van der Waals surface area contributed by atoms with Crippen LogP contribution in [0.5, 0.6) is 5.75 Å². The predicted octanol–water partition coefficient (Wildman–Crippen LogP) is 5.08. The van der Waals surface area contributed by atoms with Crippen molar-refractivity contribution in [2.45, 2.75) is 6.18 Å². The quantitative estimate of drug-likeness (QED) is 0.746. The van der Waals surface area contributed by atoms with Gasteiger partial charge in [0.25, 0.3) is 5.91 Å². The van der Waals surface area contributed by atoms with E-state index in [1.807, 2.05) is 0 Å². The maximum Gasteiger partial charge on any atom is 0.416 e. The fraction of sp³-hybridized carbons (Fsp3) is 0.0714. The number of alkyl halides is 3. The molecule has 1 amide bonds. The van der Waals surface area contributed by atoms with E-state index in [0.29, 0.717) is 12.1 Å². The van der Waals surface area contributed by atoms with Crippen molar-refractivity contribution in [1.29, 1.82) is 0 Å². The first-order valence-corrected chi connectivity index (χ1v) is 7.03. The molecule has 116 valence electrons. The van der Waals surface area contributed by atoms with Gasteiger partial charge in [-0.25, -0.2) is 0 Å². The largest absolute Gasteiger partial charge is 0.506 e. The summed E-state index contributed by atoms with van der Waals surface area (Å²) in [6.07, 6.45) is -4.64. The minimum absolute atomic E-state index is 0.224. The summed E-state index contributed by atoms with van der Waals surface area (Å²) in [5, 5.41) is 12.4. The molecule has 0 atom stereocenters. The van der Waals surface area contributed by atoms with E-state index in [-0.39, 0.29) is 15.2 Å². The van der Waals surface area contributed by atoms with Gasteiger partial charge in [-0.3, -0.25) is 4.79 Å². The minimum atomic E-state index is -4.64. The van der Waals surface area contributed by atoms with Crippen molar-refractivity contribution in [1.82, 2.24) is 0 Å². The van der Waals surface area contributed by atoms with E-state index in [0.717, 1.165) is 0 Å². The number of aromatic hydroxyl groups is 1. The summed E-state index contributed by atoms with van der Waals surface area (Å²) in [7, 11) is 0. The Labute approximate surface area is 136 Å². The molecule has 0 spiro atoms. The highest BCUT2D eigenvalue weighted by atomic mass is 79.9. The van der Waals surface area contributed by atoms with Crippen LogP contribution in [0, 0.1) is 0 Å². The molecule has 0 bridgehead atoms. The maximum atomic E-state index is 12.8.